The first-order chi connectivity index (χ1) is 15.3. The largest absolute Gasteiger partial charge is 0.490 e. The molecule has 0 unspecified atom stereocenters. The van der Waals surface area contributed by atoms with Gasteiger partial charge in [0.25, 0.3) is 0 Å². The zero-order valence-corrected chi connectivity index (χ0v) is 18.9. The highest BCUT2D eigenvalue weighted by Crippen LogP contribution is 2.24. The van der Waals surface area contributed by atoms with Gasteiger partial charge in [-0.1, -0.05) is 63.2 Å². The van der Waals surface area contributed by atoms with Crippen molar-refractivity contribution in [3.05, 3.63) is 89.7 Å². The van der Waals surface area contributed by atoms with Crippen molar-refractivity contribution in [2.75, 3.05) is 11.9 Å². The number of amides is 1. The Kier molecular flexibility index (Phi) is 7.84. The van der Waals surface area contributed by atoms with Gasteiger partial charge in [0, 0.05) is 17.9 Å². The molecule has 6 heteroatoms. The van der Waals surface area contributed by atoms with Gasteiger partial charge in [0.1, 0.15) is 19.0 Å². The Balaban J connectivity index is 1.44. The first-order valence-electron chi connectivity index (χ1n) is 10.7. The van der Waals surface area contributed by atoms with E-state index in [9.17, 15) is 4.79 Å². The highest BCUT2D eigenvalue weighted by Gasteiger charge is 2.15. The average Bonchev–Trinajstić information content (AvgIpc) is 2.78. The van der Waals surface area contributed by atoms with Gasteiger partial charge in [0.05, 0.1) is 6.20 Å². The molecule has 6 nitrogen and oxygen atoms in total. The van der Waals surface area contributed by atoms with E-state index < -0.39 is 6.09 Å². The number of nitrogens with two attached hydrogens (primary N) is 1. The van der Waals surface area contributed by atoms with Crippen molar-refractivity contribution >= 4 is 11.8 Å². The smallest absolute Gasteiger partial charge is 0.411 e. The van der Waals surface area contributed by atoms with Gasteiger partial charge < -0.3 is 15.2 Å². The van der Waals surface area contributed by atoms with Crippen LogP contribution >= 0.6 is 0 Å². The second-order valence-electron chi connectivity index (χ2n) is 8.82. The molecule has 0 saturated heterocycles. The summed E-state index contributed by atoms with van der Waals surface area (Å²) in [5.74, 6) is 0.724. The van der Waals surface area contributed by atoms with Crippen molar-refractivity contribution in [3.63, 3.8) is 0 Å². The van der Waals surface area contributed by atoms with Crippen molar-refractivity contribution in [3.8, 4) is 5.75 Å². The Labute approximate surface area is 189 Å². The van der Waals surface area contributed by atoms with Crippen LogP contribution in [0.15, 0.2) is 73.1 Å². The number of carbonyl (C=O) groups is 1. The van der Waals surface area contributed by atoms with Crippen molar-refractivity contribution in [1.82, 2.24) is 4.98 Å². The number of anilines is 1. The topological polar surface area (TPSA) is 86.5 Å². The van der Waals surface area contributed by atoms with Gasteiger partial charge >= 0.3 is 6.09 Å². The molecule has 3 aromatic rings. The second kappa shape index (κ2) is 10.8. The molecule has 0 aliphatic rings. The van der Waals surface area contributed by atoms with Crippen LogP contribution in [0.3, 0.4) is 0 Å². The number of hydrogen-bond donors (Lipinski definition) is 2. The van der Waals surface area contributed by atoms with E-state index in [1.165, 1.54) is 0 Å². The Morgan fingerprint density at radius 3 is 2.44 bits per heavy atom. The third kappa shape index (κ3) is 7.39. The van der Waals surface area contributed by atoms with Gasteiger partial charge in [-0.2, -0.15) is 0 Å². The molecule has 0 fully saturated rings. The number of nitrogens with one attached hydrogen (secondary N) is 1. The molecule has 0 bridgehead atoms. The minimum Gasteiger partial charge on any atom is -0.490 e. The Morgan fingerprint density at radius 2 is 1.75 bits per heavy atom. The van der Waals surface area contributed by atoms with E-state index in [1.54, 1.807) is 6.20 Å². The lowest BCUT2D eigenvalue weighted by atomic mass is 9.88. The highest BCUT2D eigenvalue weighted by molar-refractivity contribution is 5.84. The fraction of sp³-hybridized carbons (Fsp3) is 0.308. The van der Waals surface area contributed by atoms with Crippen LogP contribution in [0.1, 0.15) is 37.5 Å². The first kappa shape index (κ1) is 23.3. The fourth-order valence-electron chi connectivity index (χ4n) is 3.07. The summed E-state index contributed by atoms with van der Waals surface area (Å²) in [6.45, 7) is 7.04. The molecule has 1 atom stereocenters. The molecular weight excluding hydrogens is 402 g/mol. The van der Waals surface area contributed by atoms with E-state index in [4.69, 9.17) is 15.2 Å². The summed E-state index contributed by atoms with van der Waals surface area (Å²) >= 11 is 0. The standard InChI is InChI=1S/C26H31N3O3/c1-26(2,3)21-14-24(16-28-15-21)31-18-22(27)13-19-9-11-23(12-10-19)29-25(30)32-17-20-7-5-4-6-8-20/h4-12,14-16,22H,13,17-18,27H2,1-3H3,(H,29,30)/t22-/m0/s1. The summed E-state index contributed by atoms with van der Waals surface area (Å²) in [4.78, 5) is 16.2. The molecule has 0 aliphatic carbocycles. The van der Waals surface area contributed by atoms with Crippen LogP contribution in [0.25, 0.3) is 0 Å². The Morgan fingerprint density at radius 1 is 1.03 bits per heavy atom. The van der Waals surface area contributed by atoms with E-state index in [2.05, 4.69) is 31.1 Å². The van der Waals surface area contributed by atoms with E-state index in [-0.39, 0.29) is 18.1 Å². The lowest BCUT2D eigenvalue weighted by Gasteiger charge is -2.20. The zero-order valence-electron chi connectivity index (χ0n) is 18.9. The van der Waals surface area contributed by atoms with E-state index >= 15 is 0 Å². The van der Waals surface area contributed by atoms with Crippen LogP contribution in [0.5, 0.6) is 5.75 Å². The van der Waals surface area contributed by atoms with Gasteiger partial charge in [-0.25, -0.2) is 4.79 Å². The molecule has 32 heavy (non-hydrogen) atoms. The number of hydrogen-bond acceptors (Lipinski definition) is 5. The van der Waals surface area contributed by atoms with Crippen LogP contribution in [0.4, 0.5) is 10.5 Å². The third-order valence-corrected chi connectivity index (χ3v) is 4.95. The third-order valence-electron chi connectivity index (χ3n) is 4.95. The lowest BCUT2D eigenvalue weighted by molar-refractivity contribution is 0.155. The molecule has 168 valence electrons. The number of benzene rings is 2. The summed E-state index contributed by atoms with van der Waals surface area (Å²) in [5, 5.41) is 2.73. The maximum Gasteiger partial charge on any atom is 0.411 e. The molecule has 1 amide bonds. The molecule has 2 aromatic carbocycles. The summed E-state index contributed by atoms with van der Waals surface area (Å²) in [6, 6.07) is 19.0. The van der Waals surface area contributed by atoms with Crippen molar-refractivity contribution in [1.29, 1.82) is 0 Å². The Bertz CT molecular complexity index is 999. The molecule has 0 aliphatic heterocycles. The Hall–Kier alpha value is -3.38. The molecular formula is C26H31N3O3. The number of nitrogens with zero attached hydrogens (tertiary/aromatic N) is 1. The highest BCUT2D eigenvalue weighted by atomic mass is 16.5. The number of carbonyl (C=O) groups excluding carboxylic acids is 1. The van der Waals surface area contributed by atoms with E-state index in [0.29, 0.717) is 18.7 Å². The normalized spacial score (nSPS) is 12.1. The van der Waals surface area contributed by atoms with Crippen LogP contribution in [0, 0.1) is 0 Å². The van der Waals surface area contributed by atoms with Crippen LogP contribution in [0.2, 0.25) is 0 Å². The second-order valence-corrected chi connectivity index (χ2v) is 8.82. The van der Waals surface area contributed by atoms with Gasteiger partial charge in [-0.3, -0.25) is 10.3 Å². The van der Waals surface area contributed by atoms with Crippen LogP contribution in [-0.4, -0.2) is 23.7 Å². The summed E-state index contributed by atoms with van der Waals surface area (Å²) in [7, 11) is 0. The minimum absolute atomic E-state index is 0.0121. The SMILES string of the molecule is CC(C)(C)c1cncc(OC[C@@H](N)Cc2ccc(NC(=O)OCc3ccccc3)cc2)c1. The quantitative estimate of drug-likeness (QED) is 0.518. The number of ether oxygens (including phenoxy) is 2. The van der Waals surface area contributed by atoms with Gasteiger partial charge in [0.15, 0.2) is 0 Å². The van der Waals surface area contributed by atoms with E-state index in [0.717, 1.165) is 22.4 Å². The number of rotatable bonds is 8. The molecule has 3 rings (SSSR count). The lowest BCUT2D eigenvalue weighted by Crippen LogP contribution is -2.30. The van der Waals surface area contributed by atoms with Crippen LogP contribution < -0.4 is 15.8 Å². The van der Waals surface area contributed by atoms with Gasteiger partial charge in [-0.15, -0.1) is 0 Å². The maximum atomic E-state index is 12.0. The average molecular weight is 434 g/mol. The predicted molar refractivity (Wildman–Crippen MR) is 127 cm³/mol. The fourth-order valence-corrected chi connectivity index (χ4v) is 3.07. The number of pyridine rings is 1. The van der Waals surface area contributed by atoms with Crippen molar-refractivity contribution in [2.24, 2.45) is 5.73 Å². The summed E-state index contributed by atoms with van der Waals surface area (Å²) in [5.41, 5.74) is 10.1. The zero-order chi connectivity index (χ0) is 23.0. The van der Waals surface area contributed by atoms with Crippen molar-refractivity contribution < 1.29 is 14.3 Å². The summed E-state index contributed by atoms with van der Waals surface area (Å²) < 4.78 is 11.1. The molecule has 3 N–H and O–H groups in total. The minimum atomic E-state index is -0.488. The predicted octanol–water partition coefficient (Wildman–Crippen LogP) is 5.08. The summed E-state index contributed by atoms with van der Waals surface area (Å²) in [6.07, 6.45) is 3.74. The first-order valence-corrected chi connectivity index (χ1v) is 10.7. The van der Waals surface area contributed by atoms with Crippen molar-refractivity contribution in [2.45, 2.75) is 45.3 Å². The molecule has 0 radical (unpaired) electrons. The molecule has 1 aromatic heterocycles. The molecule has 0 spiro atoms. The maximum absolute atomic E-state index is 12.0. The van der Waals surface area contributed by atoms with E-state index in [1.807, 2.05) is 66.9 Å². The van der Waals surface area contributed by atoms with Gasteiger partial charge in [0.2, 0.25) is 0 Å². The van der Waals surface area contributed by atoms with Crippen LogP contribution in [-0.2, 0) is 23.2 Å². The monoisotopic (exact) mass is 433 g/mol. The van der Waals surface area contributed by atoms with Gasteiger partial charge in [-0.05, 0) is 46.7 Å². The number of aromatic nitrogens is 1. The molecule has 0 saturated carbocycles. The molecule has 1 heterocycles.